The maximum absolute atomic E-state index is 4.60. The number of rotatable bonds is 25. The lowest BCUT2D eigenvalue weighted by Crippen LogP contribution is -1.96. The van der Waals surface area contributed by atoms with Gasteiger partial charge in [-0.25, -0.2) is 0 Å². The third-order valence-corrected chi connectivity index (χ3v) is 10.3. The summed E-state index contributed by atoms with van der Waals surface area (Å²) in [5.41, 5.74) is 1.16. The zero-order valence-corrected chi connectivity index (χ0v) is 24.9. The van der Waals surface area contributed by atoms with Crippen molar-refractivity contribution in [3.8, 4) is 0 Å². The van der Waals surface area contributed by atoms with Crippen LogP contribution in [0.2, 0.25) is 0 Å². The van der Waals surface area contributed by atoms with Crippen molar-refractivity contribution in [2.75, 3.05) is 12.3 Å². The topological polar surface area (TPSA) is 12.9 Å². The summed E-state index contributed by atoms with van der Waals surface area (Å²) in [4.78, 5) is 4.60. The van der Waals surface area contributed by atoms with Gasteiger partial charge in [-0.3, -0.25) is 4.98 Å². The van der Waals surface area contributed by atoms with Crippen molar-refractivity contribution in [2.45, 2.75) is 156 Å². The van der Waals surface area contributed by atoms with Crippen LogP contribution in [0.25, 0.3) is 6.08 Å². The molecule has 0 atom stereocenters. The number of nitrogens with zero attached hydrogens (tertiary/aromatic N) is 1. The Hall–Kier alpha value is -0.680. The van der Waals surface area contributed by atoms with Gasteiger partial charge >= 0.3 is 0 Å². The summed E-state index contributed by atoms with van der Waals surface area (Å²) in [6, 6.07) is 6.32. The molecule has 1 rings (SSSR count). The first-order chi connectivity index (χ1) is 17.3. The highest BCUT2D eigenvalue weighted by Gasteiger charge is 2.13. The van der Waals surface area contributed by atoms with Crippen molar-refractivity contribution in [3.05, 3.63) is 35.4 Å². The van der Waals surface area contributed by atoms with Gasteiger partial charge in [-0.2, -0.15) is 0 Å². The molecular weight excluding hydrogens is 441 g/mol. The van der Waals surface area contributed by atoms with E-state index < -0.39 is 0 Å². The minimum absolute atomic E-state index is 0.00417. The molecule has 0 amide bonds. The zero-order chi connectivity index (χ0) is 25.2. The number of aromatic nitrogens is 1. The molecule has 0 saturated heterocycles. The second kappa shape index (κ2) is 25.0. The normalized spacial score (nSPS) is 12.1. The summed E-state index contributed by atoms with van der Waals surface area (Å²) in [5, 5.41) is 1.70. The summed E-state index contributed by atoms with van der Waals surface area (Å²) < 4.78 is 0. The zero-order valence-electron chi connectivity index (χ0n) is 24.0. The Kier molecular flexibility index (Phi) is 23.1. The summed E-state index contributed by atoms with van der Waals surface area (Å²) in [6.07, 6.45) is 37.2. The molecule has 0 aromatic carbocycles. The molecule has 1 nitrogen and oxygen atoms in total. The van der Waals surface area contributed by atoms with Crippen molar-refractivity contribution in [1.29, 1.82) is 0 Å². The number of unbranched alkanes of at least 4 members (excludes halogenated alkanes) is 18. The highest BCUT2D eigenvalue weighted by Crippen LogP contribution is 2.49. The number of pyridine rings is 1. The fourth-order valence-electron chi connectivity index (χ4n) is 5.03. The maximum atomic E-state index is 4.60. The molecule has 202 valence electrons. The number of hydrogen-bond donors (Lipinski definition) is 0. The lowest BCUT2D eigenvalue weighted by molar-refractivity contribution is 0.561. The molecule has 0 saturated carbocycles. The van der Waals surface area contributed by atoms with Crippen LogP contribution >= 0.6 is 7.92 Å². The molecule has 0 fully saturated rings. The van der Waals surface area contributed by atoms with E-state index in [-0.39, 0.29) is 7.92 Å². The number of hydrogen-bond acceptors (Lipinski definition) is 1. The smallest absolute Gasteiger partial charge is 0.0632 e. The highest BCUT2D eigenvalue weighted by atomic mass is 31.1. The quantitative estimate of drug-likeness (QED) is 0.0958. The van der Waals surface area contributed by atoms with E-state index in [1.807, 2.05) is 12.3 Å². The van der Waals surface area contributed by atoms with Gasteiger partial charge in [0.15, 0.2) is 0 Å². The molecule has 0 spiro atoms. The second-order valence-corrected chi connectivity index (χ2v) is 13.1. The lowest BCUT2D eigenvalue weighted by atomic mass is 10.1. The van der Waals surface area contributed by atoms with Crippen molar-refractivity contribution in [2.24, 2.45) is 0 Å². The standard InChI is InChI=1S/C33H60NP/c1-4-7-9-11-13-15-17-19-21-25-29-35(33(6-3)31-32-27-23-24-28-34-32)30-26-22-20-18-16-14-12-10-8-5-2/h23-24,27-28,31H,4-22,25-26,29-30H2,1-3H3. The highest BCUT2D eigenvalue weighted by molar-refractivity contribution is 7.62. The first-order valence-electron chi connectivity index (χ1n) is 15.7. The van der Waals surface area contributed by atoms with Crippen LogP contribution in [-0.2, 0) is 0 Å². The predicted octanol–water partition coefficient (Wildman–Crippen LogP) is 12.2. The molecule has 1 heterocycles. The Bertz CT molecular complexity index is 558. The fraction of sp³-hybridized carbons (Fsp3) is 0.788. The summed E-state index contributed by atoms with van der Waals surface area (Å²) in [6.45, 7) is 6.97. The van der Waals surface area contributed by atoms with Crippen LogP contribution in [0.1, 0.15) is 161 Å². The van der Waals surface area contributed by atoms with Gasteiger partial charge in [-0.15, -0.1) is 0 Å². The minimum atomic E-state index is 0.00417. The first-order valence-corrected chi connectivity index (χ1v) is 17.4. The maximum Gasteiger partial charge on any atom is 0.0632 e. The molecule has 1 aromatic heterocycles. The molecule has 1 aromatic rings. The van der Waals surface area contributed by atoms with Gasteiger partial charge < -0.3 is 0 Å². The SMILES string of the molecule is CCCCCCCCCCCCP(CCCCCCCCCCCC)C(=Cc1ccccn1)CC. The fourth-order valence-corrected chi connectivity index (χ4v) is 7.80. The van der Waals surface area contributed by atoms with E-state index in [1.165, 1.54) is 147 Å². The van der Waals surface area contributed by atoms with Gasteiger partial charge in [0.1, 0.15) is 0 Å². The van der Waals surface area contributed by atoms with Gasteiger partial charge in [0.2, 0.25) is 0 Å². The van der Waals surface area contributed by atoms with Gasteiger partial charge in [0.25, 0.3) is 0 Å². The van der Waals surface area contributed by atoms with E-state index in [2.05, 4.69) is 44.0 Å². The second-order valence-electron chi connectivity index (χ2n) is 10.6. The van der Waals surface area contributed by atoms with E-state index in [0.717, 1.165) is 5.69 Å². The molecule has 0 aliphatic rings. The Morgan fingerprint density at radius 2 is 1.03 bits per heavy atom. The van der Waals surface area contributed by atoms with Crippen LogP contribution in [0, 0.1) is 0 Å². The van der Waals surface area contributed by atoms with E-state index in [0.29, 0.717) is 0 Å². The molecule has 0 radical (unpaired) electrons. The van der Waals surface area contributed by atoms with Crippen molar-refractivity contribution >= 4 is 14.0 Å². The average molecular weight is 502 g/mol. The average Bonchev–Trinajstić information content (AvgIpc) is 2.89. The van der Waals surface area contributed by atoms with Gasteiger partial charge in [-0.05, 0) is 55.1 Å². The van der Waals surface area contributed by atoms with Crippen LogP contribution in [0.4, 0.5) is 0 Å². The molecule has 0 aliphatic heterocycles. The lowest BCUT2D eigenvalue weighted by Gasteiger charge is -2.21. The molecule has 35 heavy (non-hydrogen) atoms. The van der Waals surface area contributed by atoms with Crippen molar-refractivity contribution in [3.63, 3.8) is 0 Å². The summed E-state index contributed by atoms with van der Waals surface area (Å²) in [5.74, 6) is 0. The van der Waals surface area contributed by atoms with Gasteiger partial charge in [0.05, 0.1) is 5.69 Å². The minimum Gasteiger partial charge on any atom is -0.257 e. The summed E-state index contributed by atoms with van der Waals surface area (Å²) in [7, 11) is 0.00417. The largest absolute Gasteiger partial charge is 0.257 e. The van der Waals surface area contributed by atoms with E-state index >= 15 is 0 Å². The molecule has 2 heteroatoms. The van der Waals surface area contributed by atoms with Crippen LogP contribution in [0.5, 0.6) is 0 Å². The molecule has 0 unspecified atom stereocenters. The van der Waals surface area contributed by atoms with Gasteiger partial charge in [-0.1, -0.05) is 150 Å². The third-order valence-electron chi connectivity index (χ3n) is 7.33. The Labute approximate surface area is 222 Å². The van der Waals surface area contributed by atoms with Crippen LogP contribution in [0.3, 0.4) is 0 Å². The summed E-state index contributed by atoms with van der Waals surface area (Å²) >= 11 is 0. The van der Waals surface area contributed by atoms with Crippen LogP contribution < -0.4 is 0 Å². The predicted molar refractivity (Wildman–Crippen MR) is 163 cm³/mol. The molecule has 0 aliphatic carbocycles. The third kappa shape index (κ3) is 19.1. The monoisotopic (exact) mass is 501 g/mol. The van der Waals surface area contributed by atoms with Gasteiger partial charge in [0, 0.05) is 6.20 Å². The van der Waals surface area contributed by atoms with Crippen LogP contribution in [0.15, 0.2) is 29.7 Å². The molecular formula is C33H60NP. The van der Waals surface area contributed by atoms with E-state index in [1.54, 1.807) is 5.31 Å². The van der Waals surface area contributed by atoms with Crippen LogP contribution in [-0.4, -0.2) is 17.3 Å². The Morgan fingerprint density at radius 3 is 1.40 bits per heavy atom. The molecule has 0 bridgehead atoms. The van der Waals surface area contributed by atoms with E-state index in [9.17, 15) is 0 Å². The van der Waals surface area contributed by atoms with E-state index in [4.69, 9.17) is 0 Å². The van der Waals surface area contributed by atoms with Crippen molar-refractivity contribution in [1.82, 2.24) is 4.98 Å². The first kappa shape index (κ1) is 32.3. The Balaban J connectivity index is 2.35. The molecule has 0 N–H and O–H groups in total. The number of allylic oxidation sites excluding steroid dienone is 1. The van der Waals surface area contributed by atoms with Crippen molar-refractivity contribution < 1.29 is 0 Å². The Morgan fingerprint density at radius 1 is 0.600 bits per heavy atom.